The number of ether oxygens (including phenoxy) is 3. The van der Waals surface area contributed by atoms with Crippen LogP contribution in [0.1, 0.15) is 29.3 Å². The van der Waals surface area contributed by atoms with Crippen molar-refractivity contribution >= 4 is 57.9 Å². The molecule has 2 aromatic carbocycles. The Morgan fingerprint density at radius 3 is 2.22 bits per heavy atom. The molecule has 1 aliphatic heterocycles. The molecule has 0 radical (unpaired) electrons. The van der Waals surface area contributed by atoms with Crippen LogP contribution in [0.15, 0.2) is 41.3 Å². The molecule has 0 aromatic heterocycles. The number of methoxy groups -OCH3 is 2. The predicted octanol–water partition coefficient (Wildman–Crippen LogP) is 4.12. The monoisotopic (exact) mass is 473 g/mol. The molecule has 1 amide bonds. The number of hydrogen-bond donors (Lipinski definition) is 1. The maximum atomic E-state index is 13.0. The normalized spacial score (nSPS) is 14.6. The summed E-state index contributed by atoms with van der Waals surface area (Å²) in [6, 6.07) is 9.11. The number of carbonyl (C=O) groups is 3. The van der Waals surface area contributed by atoms with Crippen LogP contribution in [0.3, 0.4) is 0 Å². The van der Waals surface area contributed by atoms with E-state index in [9.17, 15) is 14.4 Å². The van der Waals surface area contributed by atoms with Crippen molar-refractivity contribution in [1.29, 1.82) is 0 Å². The van der Waals surface area contributed by atoms with Crippen LogP contribution >= 0.6 is 24.0 Å². The summed E-state index contributed by atoms with van der Waals surface area (Å²) in [7, 11) is 2.87. The van der Waals surface area contributed by atoms with Gasteiger partial charge in [-0.05, 0) is 48.0 Å². The lowest BCUT2D eigenvalue weighted by Gasteiger charge is -2.15. The Hall–Kier alpha value is -3.37. The summed E-state index contributed by atoms with van der Waals surface area (Å²) in [6.07, 6.45) is 1.81. The number of hydrogen-bond acceptors (Lipinski definition) is 8. The molecule has 0 atom stereocenters. The molecule has 0 bridgehead atoms. The van der Waals surface area contributed by atoms with E-state index in [4.69, 9.17) is 31.5 Å². The van der Waals surface area contributed by atoms with E-state index >= 15 is 0 Å². The molecule has 0 saturated carbocycles. The minimum absolute atomic E-state index is 0.109. The number of thioether (sulfide) groups is 1. The molecule has 10 heteroatoms. The summed E-state index contributed by atoms with van der Waals surface area (Å²) in [4.78, 5) is 37.5. The van der Waals surface area contributed by atoms with Gasteiger partial charge in [0.2, 0.25) is 5.75 Å². The zero-order chi connectivity index (χ0) is 23.4. The summed E-state index contributed by atoms with van der Waals surface area (Å²) in [5.74, 6) is -1.14. The van der Waals surface area contributed by atoms with Crippen molar-refractivity contribution in [2.24, 2.45) is 0 Å². The van der Waals surface area contributed by atoms with Gasteiger partial charge in [-0.1, -0.05) is 30.9 Å². The molecule has 8 nitrogen and oxygen atoms in total. The Kier molecular flexibility index (Phi) is 7.16. The maximum absolute atomic E-state index is 13.0. The SMILES string of the molecule is CCC(=O)Oc1c(OC)cc(C=C2SC(=S)N(c3ccc(C(=O)O)cc3)C2=O)cc1OC. The molecule has 0 unspecified atom stereocenters. The molecule has 166 valence electrons. The molecule has 1 aliphatic rings. The Balaban J connectivity index is 1.94. The molecule has 1 saturated heterocycles. The van der Waals surface area contributed by atoms with Gasteiger partial charge in [-0.25, -0.2) is 4.79 Å². The number of amides is 1. The van der Waals surface area contributed by atoms with E-state index in [0.717, 1.165) is 11.8 Å². The predicted molar refractivity (Wildman–Crippen MR) is 125 cm³/mol. The van der Waals surface area contributed by atoms with Crippen LogP contribution in [0.4, 0.5) is 5.69 Å². The highest BCUT2D eigenvalue weighted by molar-refractivity contribution is 8.27. The number of benzene rings is 2. The first-order valence-corrected chi connectivity index (χ1v) is 10.6. The lowest BCUT2D eigenvalue weighted by atomic mass is 10.1. The van der Waals surface area contributed by atoms with Crippen LogP contribution in [-0.4, -0.2) is 41.5 Å². The van der Waals surface area contributed by atoms with E-state index in [1.165, 1.54) is 43.4 Å². The third-order valence-corrected chi connectivity index (χ3v) is 5.75. The van der Waals surface area contributed by atoms with E-state index in [-0.39, 0.29) is 35.1 Å². The third-order valence-electron chi connectivity index (χ3n) is 4.45. The van der Waals surface area contributed by atoms with Crippen molar-refractivity contribution in [3.05, 3.63) is 52.4 Å². The number of nitrogens with zero attached hydrogens (tertiary/aromatic N) is 1. The van der Waals surface area contributed by atoms with Crippen molar-refractivity contribution in [2.75, 3.05) is 19.1 Å². The average molecular weight is 474 g/mol. The number of carboxylic acids is 1. The number of carboxylic acid groups (broad SMARTS) is 1. The Bertz CT molecular complexity index is 1100. The van der Waals surface area contributed by atoms with Gasteiger partial charge in [-0.15, -0.1) is 0 Å². The van der Waals surface area contributed by atoms with Crippen molar-refractivity contribution in [1.82, 2.24) is 0 Å². The first-order valence-electron chi connectivity index (χ1n) is 9.37. The highest BCUT2D eigenvalue weighted by Gasteiger charge is 2.33. The molecular formula is C22H19NO7S2. The second kappa shape index (κ2) is 9.84. The first kappa shape index (κ1) is 23.3. The highest BCUT2D eigenvalue weighted by atomic mass is 32.2. The Morgan fingerprint density at radius 2 is 1.72 bits per heavy atom. The van der Waals surface area contributed by atoms with Gasteiger partial charge < -0.3 is 19.3 Å². The summed E-state index contributed by atoms with van der Waals surface area (Å²) < 4.78 is 16.3. The van der Waals surface area contributed by atoms with Gasteiger partial charge in [0.05, 0.1) is 30.4 Å². The average Bonchev–Trinajstić information content (AvgIpc) is 3.06. The van der Waals surface area contributed by atoms with Crippen molar-refractivity contribution in [3.63, 3.8) is 0 Å². The lowest BCUT2D eigenvalue weighted by molar-refractivity contribution is -0.134. The fourth-order valence-corrected chi connectivity index (χ4v) is 4.16. The lowest BCUT2D eigenvalue weighted by Crippen LogP contribution is -2.27. The second-order valence-electron chi connectivity index (χ2n) is 6.45. The van der Waals surface area contributed by atoms with Crippen LogP contribution in [-0.2, 0) is 9.59 Å². The summed E-state index contributed by atoms with van der Waals surface area (Å²) in [5.41, 5.74) is 1.16. The summed E-state index contributed by atoms with van der Waals surface area (Å²) in [5, 5.41) is 9.05. The molecular weight excluding hydrogens is 454 g/mol. The van der Waals surface area contributed by atoms with Crippen LogP contribution in [0, 0.1) is 0 Å². The minimum Gasteiger partial charge on any atom is -0.493 e. The molecule has 1 N–H and O–H groups in total. The fraction of sp³-hybridized carbons (Fsp3) is 0.182. The molecule has 3 rings (SSSR count). The molecule has 1 heterocycles. The van der Waals surface area contributed by atoms with Gasteiger partial charge in [-0.3, -0.25) is 14.5 Å². The number of esters is 1. The summed E-state index contributed by atoms with van der Waals surface area (Å²) >= 11 is 6.47. The number of anilines is 1. The van der Waals surface area contributed by atoms with Gasteiger partial charge in [0.25, 0.3) is 5.91 Å². The maximum Gasteiger partial charge on any atom is 0.335 e. The van der Waals surface area contributed by atoms with Crippen LogP contribution in [0.25, 0.3) is 6.08 Å². The molecule has 2 aromatic rings. The minimum atomic E-state index is -1.06. The van der Waals surface area contributed by atoms with Crippen molar-refractivity contribution < 1.29 is 33.7 Å². The van der Waals surface area contributed by atoms with Gasteiger partial charge >= 0.3 is 11.9 Å². The van der Waals surface area contributed by atoms with Crippen LogP contribution < -0.4 is 19.1 Å². The Labute approximate surface area is 193 Å². The number of carbonyl (C=O) groups excluding carboxylic acids is 2. The Morgan fingerprint density at radius 1 is 1.12 bits per heavy atom. The fourth-order valence-electron chi connectivity index (χ4n) is 2.86. The number of thiocarbonyl (C=S) groups is 1. The topological polar surface area (TPSA) is 102 Å². The van der Waals surface area contributed by atoms with E-state index in [2.05, 4.69) is 0 Å². The van der Waals surface area contributed by atoms with E-state index < -0.39 is 11.9 Å². The smallest absolute Gasteiger partial charge is 0.335 e. The molecule has 32 heavy (non-hydrogen) atoms. The van der Waals surface area contributed by atoms with Crippen molar-refractivity contribution in [2.45, 2.75) is 13.3 Å². The largest absolute Gasteiger partial charge is 0.493 e. The number of rotatable bonds is 7. The quantitative estimate of drug-likeness (QED) is 0.275. The zero-order valence-electron chi connectivity index (χ0n) is 17.4. The first-order chi connectivity index (χ1) is 15.3. The van der Waals surface area contributed by atoms with E-state index in [1.807, 2.05) is 0 Å². The van der Waals surface area contributed by atoms with Gasteiger partial charge in [0, 0.05) is 6.42 Å². The number of aromatic carboxylic acids is 1. The van der Waals surface area contributed by atoms with E-state index in [0.29, 0.717) is 20.5 Å². The third kappa shape index (κ3) is 4.76. The molecule has 0 spiro atoms. The van der Waals surface area contributed by atoms with Gasteiger partial charge in [0.15, 0.2) is 15.8 Å². The van der Waals surface area contributed by atoms with Crippen LogP contribution in [0.2, 0.25) is 0 Å². The van der Waals surface area contributed by atoms with Crippen molar-refractivity contribution in [3.8, 4) is 17.2 Å². The van der Waals surface area contributed by atoms with E-state index in [1.54, 1.807) is 25.1 Å². The standard InChI is InChI=1S/C22H19NO7S2/c1-4-18(24)30-19-15(28-2)9-12(10-16(19)29-3)11-17-20(25)23(22(31)32-17)14-7-5-13(6-8-14)21(26)27/h5-11H,4H2,1-3H3,(H,26,27). The van der Waals surface area contributed by atoms with Gasteiger partial charge in [0.1, 0.15) is 0 Å². The molecule has 1 fully saturated rings. The molecule has 0 aliphatic carbocycles. The van der Waals surface area contributed by atoms with Crippen LogP contribution in [0.5, 0.6) is 17.2 Å². The van der Waals surface area contributed by atoms with Gasteiger partial charge in [-0.2, -0.15) is 0 Å². The zero-order valence-corrected chi connectivity index (χ0v) is 19.0. The second-order valence-corrected chi connectivity index (χ2v) is 8.13. The highest BCUT2D eigenvalue weighted by Crippen LogP contribution is 2.41. The summed E-state index contributed by atoms with van der Waals surface area (Å²) in [6.45, 7) is 1.67.